The highest BCUT2D eigenvalue weighted by molar-refractivity contribution is 6.32. The normalized spacial score (nSPS) is 16.7. The number of rotatable bonds is 5. The zero-order valence-corrected chi connectivity index (χ0v) is 19.6. The molecular weight excluding hydrogens is 430 g/mol. The SMILES string of the molecule is C1CCCC1.CNc1ccc(C2N=C(c3ccc(OC(C)C)c(Cl)c3)NO2)cc1.O=CO. The van der Waals surface area contributed by atoms with Gasteiger partial charge in [-0.25, -0.2) is 15.3 Å². The van der Waals surface area contributed by atoms with Crippen LogP contribution in [0.5, 0.6) is 5.75 Å². The van der Waals surface area contributed by atoms with Gasteiger partial charge in [0.25, 0.3) is 6.47 Å². The van der Waals surface area contributed by atoms with Crippen LogP contribution in [0.4, 0.5) is 5.69 Å². The molecular formula is C24H32ClN3O4. The summed E-state index contributed by atoms with van der Waals surface area (Å²) in [6.07, 6.45) is 7.19. The quantitative estimate of drug-likeness (QED) is 0.487. The Labute approximate surface area is 194 Å². The van der Waals surface area contributed by atoms with E-state index in [1.54, 1.807) is 0 Å². The number of aliphatic imine (C=N–C) groups is 1. The number of hydroxylamine groups is 1. The van der Waals surface area contributed by atoms with Crippen LogP contribution in [-0.2, 0) is 9.63 Å². The van der Waals surface area contributed by atoms with E-state index < -0.39 is 0 Å². The highest BCUT2D eigenvalue weighted by Gasteiger charge is 2.21. The minimum atomic E-state index is -0.378. The topological polar surface area (TPSA) is 92.2 Å². The molecule has 1 atom stereocenters. The van der Waals surface area contributed by atoms with Gasteiger partial charge in [-0.15, -0.1) is 0 Å². The monoisotopic (exact) mass is 461 g/mol. The van der Waals surface area contributed by atoms with Crippen LogP contribution in [0.3, 0.4) is 0 Å². The van der Waals surface area contributed by atoms with E-state index in [2.05, 4.69) is 15.8 Å². The van der Waals surface area contributed by atoms with Gasteiger partial charge < -0.3 is 15.2 Å². The molecule has 1 heterocycles. The summed E-state index contributed by atoms with van der Waals surface area (Å²) in [6, 6.07) is 13.5. The average Bonchev–Trinajstić information content (AvgIpc) is 3.51. The molecule has 1 saturated carbocycles. The molecule has 2 aromatic rings. The first-order valence-electron chi connectivity index (χ1n) is 10.8. The second-order valence-corrected chi connectivity index (χ2v) is 8.01. The van der Waals surface area contributed by atoms with E-state index in [-0.39, 0.29) is 18.8 Å². The van der Waals surface area contributed by atoms with Crippen LogP contribution in [0, 0.1) is 0 Å². The van der Waals surface area contributed by atoms with Crippen LogP contribution in [-0.4, -0.2) is 30.6 Å². The standard InChI is InChI=1S/C18H20ClN3O2.C5H10.CH2O2/c1-11(2)23-16-9-6-13(10-15(16)19)17-21-18(24-22-17)12-4-7-14(20-3)8-5-12;1-2-4-5-3-1;2-1-3/h4-11,18,20H,1-3H3,(H,21,22);1-5H2;1H,(H,2,3). The van der Waals surface area contributed by atoms with E-state index >= 15 is 0 Å². The van der Waals surface area contributed by atoms with Crippen molar-refractivity contribution < 1.29 is 19.5 Å². The molecule has 8 heteroatoms. The number of anilines is 1. The van der Waals surface area contributed by atoms with E-state index in [1.807, 2.05) is 63.4 Å². The summed E-state index contributed by atoms with van der Waals surface area (Å²) >= 11 is 6.28. The van der Waals surface area contributed by atoms with Crippen LogP contribution < -0.4 is 15.5 Å². The van der Waals surface area contributed by atoms with Gasteiger partial charge in [-0.05, 0) is 44.2 Å². The summed E-state index contributed by atoms with van der Waals surface area (Å²) in [5, 5.41) is 10.5. The number of benzene rings is 2. The average molecular weight is 462 g/mol. The van der Waals surface area contributed by atoms with Crippen LogP contribution in [0.2, 0.25) is 5.02 Å². The number of carboxylic acid groups (broad SMARTS) is 1. The van der Waals surface area contributed by atoms with Crippen molar-refractivity contribution in [2.24, 2.45) is 4.99 Å². The molecule has 0 amide bonds. The second-order valence-electron chi connectivity index (χ2n) is 7.61. The van der Waals surface area contributed by atoms with Crippen molar-refractivity contribution in [1.82, 2.24) is 5.48 Å². The molecule has 4 rings (SSSR count). The van der Waals surface area contributed by atoms with Gasteiger partial charge in [0.15, 0.2) is 5.84 Å². The van der Waals surface area contributed by atoms with Crippen molar-refractivity contribution in [1.29, 1.82) is 0 Å². The van der Waals surface area contributed by atoms with Gasteiger partial charge >= 0.3 is 0 Å². The smallest absolute Gasteiger partial charge is 0.290 e. The first kappa shape index (κ1) is 25.5. The molecule has 2 aliphatic rings. The molecule has 1 aliphatic heterocycles. The van der Waals surface area contributed by atoms with Gasteiger partial charge in [0.05, 0.1) is 11.1 Å². The van der Waals surface area contributed by atoms with Gasteiger partial charge in [-0.3, -0.25) is 4.79 Å². The molecule has 2 aromatic carbocycles. The molecule has 0 aromatic heterocycles. The first-order chi connectivity index (χ1) is 15.5. The summed E-state index contributed by atoms with van der Waals surface area (Å²) in [5.74, 6) is 1.31. The Balaban J connectivity index is 0.000000385. The van der Waals surface area contributed by atoms with Crippen molar-refractivity contribution in [3.63, 3.8) is 0 Å². The Morgan fingerprint density at radius 1 is 1.16 bits per heavy atom. The number of hydrogen-bond donors (Lipinski definition) is 3. The molecule has 0 spiro atoms. The maximum atomic E-state index is 8.36. The zero-order chi connectivity index (χ0) is 23.3. The summed E-state index contributed by atoms with van der Waals surface area (Å²) in [6.45, 7) is 3.68. The minimum absolute atomic E-state index is 0.0728. The molecule has 1 unspecified atom stereocenters. The van der Waals surface area contributed by atoms with Gasteiger partial charge in [-0.1, -0.05) is 55.8 Å². The van der Waals surface area contributed by atoms with Gasteiger partial charge in [-0.2, -0.15) is 0 Å². The number of carbonyl (C=O) groups is 1. The van der Waals surface area contributed by atoms with Crippen molar-refractivity contribution in [2.75, 3.05) is 12.4 Å². The predicted octanol–water partition coefficient (Wildman–Crippen LogP) is 5.80. The number of halogens is 1. The lowest BCUT2D eigenvalue weighted by molar-refractivity contribution is -0.122. The van der Waals surface area contributed by atoms with Gasteiger partial charge in [0, 0.05) is 23.9 Å². The third kappa shape index (κ3) is 8.05. The lowest BCUT2D eigenvalue weighted by Gasteiger charge is -2.12. The van der Waals surface area contributed by atoms with Crippen molar-refractivity contribution in [3.8, 4) is 5.75 Å². The van der Waals surface area contributed by atoms with Gasteiger partial charge in [0.1, 0.15) is 5.75 Å². The van der Waals surface area contributed by atoms with E-state index in [0.29, 0.717) is 16.6 Å². The fourth-order valence-electron chi connectivity index (χ4n) is 3.25. The number of amidine groups is 1. The number of nitrogens with one attached hydrogen (secondary N) is 2. The molecule has 1 aliphatic carbocycles. The van der Waals surface area contributed by atoms with Crippen LogP contribution in [0.1, 0.15) is 63.3 Å². The van der Waals surface area contributed by atoms with Gasteiger partial charge in [0.2, 0.25) is 6.23 Å². The maximum Gasteiger partial charge on any atom is 0.290 e. The van der Waals surface area contributed by atoms with Crippen LogP contribution in [0.25, 0.3) is 0 Å². The van der Waals surface area contributed by atoms with Crippen molar-refractivity contribution in [2.45, 2.75) is 58.3 Å². The maximum absolute atomic E-state index is 8.36. The molecule has 1 fully saturated rings. The lowest BCUT2D eigenvalue weighted by Crippen LogP contribution is -2.18. The van der Waals surface area contributed by atoms with E-state index in [0.717, 1.165) is 16.8 Å². The molecule has 3 N–H and O–H groups in total. The summed E-state index contributed by atoms with van der Waals surface area (Å²) in [5.41, 5.74) is 5.74. The first-order valence-corrected chi connectivity index (χ1v) is 11.2. The molecule has 174 valence electrons. The highest BCUT2D eigenvalue weighted by Crippen LogP contribution is 2.29. The Morgan fingerprint density at radius 2 is 1.75 bits per heavy atom. The largest absolute Gasteiger partial charge is 0.489 e. The Bertz CT molecular complexity index is 860. The van der Waals surface area contributed by atoms with E-state index in [1.165, 1.54) is 32.1 Å². The number of ether oxygens (including phenoxy) is 1. The predicted molar refractivity (Wildman–Crippen MR) is 128 cm³/mol. The number of hydrogen-bond acceptors (Lipinski definition) is 6. The summed E-state index contributed by atoms with van der Waals surface area (Å²) < 4.78 is 5.65. The Kier molecular flexibility index (Phi) is 10.8. The van der Waals surface area contributed by atoms with Crippen molar-refractivity contribution >= 4 is 29.6 Å². The summed E-state index contributed by atoms with van der Waals surface area (Å²) in [4.78, 5) is 18.5. The van der Waals surface area contributed by atoms with E-state index in [9.17, 15) is 0 Å². The highest BCUT2D eigenvalue weighted by atomic mass is 35.5. The zero-order valence-electron chi connectivity index (χ0n) is 18.8. The molecule has 32 heavy (non-hydrogen) atoms. The fourth-order valence-corrected chi connectivity index (χ4v) is 3.48. The third-order valence-corrected chi connectivity index (χ3v) is 5.11. The van der Waals surface area contributed by atoms with Crippen molar-refractivity contribution in [3.05, 3.63) is 58.6 Å². The van der Waals surface area contributed by atoms with Crippen LogP contribution >= 0.6 is 11.6 Å². The molecule has 0 radical (unpaired) electrons. The van der Waals surface area contributed by atoms with E-state index in [4.69, 9.17) is 31.1 Å². The van der Waals surface area contributed by atoms with Crippen LogP contribution in [0.15, 0.2) is 47.5 Å². The molecule has 0 bridgehead atoms. The third-order valence-electron chi connectivity index (χ3n) is 4.82. The Hall–Kier alpha value is -2.77. The second kappa shape index (κ2) is 13.6. The lowest BCUT2D eigenvalue weighted by atomic mass is 10.1. The molecule has 7 nitrogen and oxygen atoms in total. The minimum Gasteiger partial charge on any atom is -0.489 e. The fraction of sp³-hybridized carbons (Fsp3) is 0.417. The number of nitrogens with zero attached hydrogens (tertiary/aromatic N) is 1. The summed E-state index contributed by atoms with van der Waals surface area (Å²) in [7, 11) is 1.88. The molecule has 0 saturated heterocycles. The Morgan fingerprint density at radius 3 is 2.25 bits per heavy atom.